The molecule has 1 fully saturated rings. The highest BCUT2D eigenvalue weighted by Gasteiger charge is 2.26. The molecule has 0 spiro atoms. The van der Waals surface area contributed by atoms with Gasteiger partial charge in [0.25, 0.3) is 11.8 Å². The van der Waals surface area contributed by atoms with Crippen LogP contribution in [-0.2, 0) is 17.6 Å². The first kappa shape index (κ1) is 26.8. The van der Waals surface area contributed by atoms with Crippen LogP contribution >= 0.6 is 15.9 Å². The number of piperazine rings is 1. The maximum absolute atomic E-state index is 13.4. The van der Waals surface area contributed by atoms with Gasteiger partial charge >= 0.3 is 0 Å². The lowest BCUT2D eigenvalue weighted by molar-refractivity contribution is -0.578. The number of halogens is 1. The van der Waals surface area contributed by atoms with Crippen molar-refractivity contribution in [1.29, 1.82) is 0 Å². The fourth-order valence-corrected chi connectivity index (χ4v) is 4.99. The number of anilines is 1. The summed E-state index contributed by atoms with van der Waals surface area (Å²) in [4.78, 5) is 30.4. The maximum Gasteiger partial charge on any atom is 0.268 e. The summed E-state index contributed by atoms with van der Waals surface area (Å²) in [7, 11) is 1.94. The van der Waals surface area contributed by atoms with Crippen LogP contribution in [0.15, 0.2) is 95.1 Å². The first-order chi connectivity index (χ1) is 18.0. The van der Waals surface area contributed by atoms with Crippen LogP contribution in [0.5, 0.6) is 0 Å². The molecule has 3 aromatic rings. The molecule has 1 saturated heterocycles. The number of rotatable bonds is 9. The molecule has 0 unspecified atom stereocenters. The maximum atomic E-state index is 13.4. The predicted molar refractivity (Wildman–Crippen MR) is 152 cm³/mol. The fraction of sp³-hybridized carbons (Fsp3) is 0.267. The van der Waals surface area contributed by atoms with Crippen LogP contribution in [0.1, 0.15) is 21.5 Å². The van der Waals surface area contributed by atoms with Gasteiger partial charge < -0.3 is 15.5 Å². The van der Waals surface area contributed by atoms with Gasteiger partial charge in [0.15, 0.2) is 0 Å². The van der Waals surface area contributed by atoms with Crippen molar-refractivity contribution in [1.82, 2.24) is 9.80 Å². The lowest BCUT2D eigenvalue weighted by Crippen LogP contribution is -2.79. The second-order valence-electron chi connectivity index (χ2n) is 9.16. The lowest BCUT2D eigenvalue weighted by Gasteiger charge is -2.35. The van der Waals surface area contributed by atoms with Crippen LogP contribution in [0.4, 0.5) is 5.69 Å². The van der Waals surface area contributed by atoms with Crippen LogP contribution in [-0.4, -0.2) is 61.4 Å². The molecule has 1 aliphatic rings. The first-order valence-corrected chi connectivity index (χ1v) is 13.5. The van der Waals surface area contributed by atoms with Gasteiger partial charge in [-0.2, -0.15) is 0 Å². The van der Waals surface area contributed by atoms with E-state index in [0.29, 0.717) is 24.1 Å². The molecule has 192 valence electrons. The highest BCUT2D eigenvalue weighted by molar-refractivity contribution is 9.12. The summed E-state index contributed by atoms with van der Waals surface area (Å²) in [5.74, 6) is -0.0650. The second kappa shape index (κ2) is 13.3. The molecule has 37 heavy (non-hydrogen) atoms. The third-order valence-corrected chi connectivity index (χ3v) is 7.56. The topological polar surface area (TPSA) is 69.3 Å². The van der Waals surface area contributed by atoms with Gasteiger partial charge in [0.2, 0.25) is 0 Å². The molecule has 0 bridgehead atoms. The van der Waals surface area contributed by atoms with Gasteiger partial charge in [-0.05, 0) is 58.1 Å². The summed E-state index contributed by atoms with van der Waals surface area (Å²) in [5.41, 5.74) is 4.86. The number of benzene rings is 3. The van der Waals surface area contributed by atoms with Gasteiger partial charge in [0.1, 0.15) is 10.2 Å². The highest BCUT2D eigenvalue weighted by atomic mass is 79.9. The average molecular weight is 563 g/mol. The van der Waals surface area contributed by atoms with Crippen molar-refractivity contribution in [3.05, 3.63) is 112 Å². The number of aryl methyl sites for hydroxylation is 2. The molecular weight excluding hydrogens is 528 g/mol. The van der Waals surface area contributed by atoms with Gasteiger partial charge in [-0.1, -0.05) is 66.7 Å². The monoisotopic (exact) mass is 561 g/mol. The molecule has 7 heteroatoms. The standard InChI is InChI=1S/C30H33BrN4O2/c1-32-27(28(31)29(36)33-25-13-6-3-7-14-25)22-34-18-20-35(21-19-34)30(37)26-15-9-8-12-24(26)17-16-23-10-4-2-5-11-23/h2-15,32H,16-22H2,1H3,(H,33,36)/p+1/b28-27+. The Bertz CT molecular complexity index is 1220. The molecular formula is C30H34BrN4O2+. The summed E-state index contributed by atoms with van der Waals surface area (Å²) in [6.45, 7) is 3.49. The number of carbonyl (C=O) groups is 2. The average Bonchev–Trinajstić information content (AvgIpc) is 2.95. The number of quaternary nitrogens is 1. The number of para-hydroxylation sites is 1. The molecule has 1 heterocycles. The molecule has 0 atom stereocenters. The van der Waals surface area contributed by atoms with Crippen molar-refractivity contribution < 1.29 is 14.9 Å². The van der Waals surface area contributed by atoms with Crippen molar-refractivity contribution >= 4 is 33.4 Å². The van der Waals surface area contributed by atoms with Crippen molar-refractivity contribution in [2.24, 2.45) is 0 Å². The normalized spacial score (nSPS) is 14.7. The van der Waals surface area contributed by atoms with Crippen molar-refractivity contribution in [2.75, 3.05) is 45.1 Å². The minimum Gasteiger partial charge on any atom is -0.336 e. The predicted octanol–water partition coefficient (Wildman–Crippen LogP) is 3.67. The Morgan fingerprint density at radius 1 is 0.838 bits per heavy atom. The lowest BCUT2D eigenvalue weighted by atomic mass is 9.99. The van der Waals surface area contributed by atoms with Crippen LogP contribution < -0.4 is 10.6 Å². The third-order valence-electron chi connectivity index (χ3n) is 6.69. The van der Waals surface area contributed by atoms with E-state index in [2.05, 4.69) is 56.5 Å². The van der Waals surface area contributed by atoms with E-state index < -0.39 is 0 Å². The van der Waals surface area contributed by atoms with E-state index >= 15 is 0 Å². The molecule has 0 aromatic heterocycles. The Morgan fingerprint density at radius 2 is 1.46 bits per heavy atom. The van der Waals surface area contributed by atoms with Crippen molar-refractivity contribution in [2.45, 2.75) is 12.8 Å². The van der Waals surface area contributed by atoms with Gasteiger partial charge in [-0.15, -0.1) is 0 Å². The van der Waals surface area contributed by atoms with Gasteiger partial charge in [0, 0.05) is 37.4 Å². The molecule has 6 nitrogen and oxygen atoms in total. The van der Waals surface area contributed by atoms with Crippen LogP contribution in [0, 0.1) is 0 Å². The summed E-state index contributed by atoms with van der Waals surface area (Å²) in [6.07, 6.45) is 1.75. The van der Waals surface area contributed by atoms with Gasteiger partial charge in [-0.3, -0.25) is 14.5 Å². The van der Waals surface area contributed by atoms with Gasteiger partial charge in [0.05, 0.1) is 13.6 Å². The number of hydrogen-bond donors (Lipinski definition) is 2. The third kappa shape index (κ3) is 7.38. The molecule has 1 aliphatic heterocycles. The van der Waals surface area contributed by atoms with E-state index in [-0.39, 0.29) is 11.8 Å². The molecule has 3 aromatic carbocycles. The Hall–Kier alpha value is -3.26. The molecule has 0 saturated carbocycles. The van der Waals surface area contributed by atoms with E-state index in [1.54, 1.807) is 0 Å². The van der Waals surface area contributed by atoms with E-state index in [4.69, 9.17) is 0 Å². The molecule has 4 rings (SSSR count). The van der Waals surface area contributed by atoms with Crippen molar-refractivity contribution in [3.8, 4) is 0 Å². The van der Waals surface area contributed by atoms with Gasteiger partial charge in [-0.25, -0.2) is 0 Å². The number of hydrogen-bond acceptors (Lipinski definition) is 3. The zero-order valence-corrected chi connectivity index (χ0v) is 22.8. The van der Waals surface area contributed by atoms with E-state index in [0.717, 1.165) is 48.4 Å². The fourth-order valence-electron chi connectivity index (χ4n) is 4.53. The quantitative estimate of drug-likeness (QED) is 0.392. The molecule has 0 radical (unpaired) electrons. The number of likely N-dealkylation sites (N-methyl/N-ethyl adjacent to an activating group) is 1. The summed E-state index contributed by atoms with van der Waals surface area (Å²) >= 11 is 3.50. The molecule has 2 amide bonds. The van der Waals surface area contributed by atoms with Crippen molar-refractivity contribution in [3.63, 3.8) is 0 Å². The number of nitrogens with one attached hydrogen (secondary N) is 1. The minimum absolute atomic E-state index is 0.101. The van der Waals surface area contributed by atoms with Crippen LogP contribution in [0.3, 0.4) is 0 Å². The largest absolute Gasteiger partial charge is 0.336 e. The zero-order chi connectivity index (χ0) is 26.0. The number of nitrogens with two attached hydrogens (primary N) is 1. The SMILES string of the molecule is C[NH2+]/C(CN1CCN(C(=O)c2ccccc2CCc2ccccc2)CC1)=C(/Br)C(=O)Nc1ccccc1. The van der Waals surface area contributed by atoms with E-state index in [9.17, 15) is 9.59 Å². The van der Waals surface area contributed by atoms with E-state index in [1.807, 2.05) is 71.9 Å². The Labute approximate surface area is 227 Å². The molecule has 3 N–H and O–H groups in total. The molecule has 0 aliphatic carbocycles. The first-order valence-electron chi connectivity index (χ1n) is 12.7. The summed E-state index contributed by atoms with van der Waals surface area (Å²) < 4.78 is 0.532. The Morgan fingerprint density at radius 3 is 2.14 bits per heavy atom. The van der Waals surface area contributed by atoms with Crippen LogP contribution in [0.25, 0.3) is 0 Å². The number of carbonyl (C=O) groups excluding carboxylic acids is 2. The van der Waals surface area contributed by atoms with Crippen LogP contribution in [0.2, 0.25) is 0 Å². The highest BCUT2D eigenvalue weighted by Crippen LogP contribution is 2.18. The second-order valence-corrected chi connectivity index (χ2v) is 9.95. The zero-order valence-electron chi connectivity index (χ0n) is 21.2. The Kier molecular flexibility index (Phi) is 9.65. The minimum atomic E-state index is -0.166. The summed E-state index contributed by atoms with van der Waals surface area (Å²) in [5, 5.41) is 4.89. The number of nitrogens with zero attached hydrogens (tertiary/aromatic N) is 2. The van der Waals surface area contributed by atoms with E-state index in [1.165, 1.54) is 5.56 Å². The number of amides is 2. The summed E-state index contributed by atoms with van der Waals surface area (Å²) in [6, 6.07) is 27.8. The smallest absolute Gasteiger partial charge is 0.268 e. The Balaban J connectivity index is 1.34.